The van der Waals surface area contributed by atoms with E-state index < -0.39 is 0 Å². The maximum absolute atomic E-state index is 11.8. The quantitative estimate of drug-likeness (QED) is 0.871. The average Bonchev–Trinajstić information content (AvgIpc) is 3.05. The SMILES string of the molecule is CCCN1CCC[C@H]2c3ccc4[nH]c(C(=O)OC)cc4c3CC[C@H]21. The van der Waals surface area contributed by atoms with Crippen molar-refractivity contribution >= 4 is 16.9 Å². The van der Waals surface area contributed by atoms with Crippen LogP contribution in [0, 0.1) is 0 Å². The van der Waals surface area contributed by atoms with Crippen LogP contribution in [0.5, 0.6) is 0 Å². The van der Waals surface area contributed by atoms with Crippen molar-refractivity contribution in [3.05, 3.63) is 35.0 Å². The lowest BCUT2D eigenvalue weighted by Crippen LogP contribution is -2.46. The Kier molecular flexibility index (Phi) is 4.09. The minimum atomic E-state index is -0.291. The maximum atomic E-state index is 11.8. The Hall–Kier alpha value is -1.81. The molecule has 128 valence electrons. The second kappa shape index (κ2) is 6.25. The first-order chi connectivity index (χ1) is 11.7. The topological polar surface area (TPSA) is 45.3 Å². The van der Waals surface area contributed by atoms with Crippen molar-refractivity contribution in [3.63, 3.8) is 0 Å². The van der Waals surface area contributed by atoms with Crippen LogP contribution in [0.3, 0.4) is 0 Å². The molecule has 0 radical (unpaired) electrons. The first kappa shape index (κ1) is 15.7. The van der Waals surface area contributed by atoms with Gasteiger partial charge in [0.1, 0.15) is 5.69 Å². The van der Waals surface area contributed by atoms with Crippen molar-refractivity contribution in [3.8, 4) is 0 Å². The van der Waals surface area contributed by atoms with Gasteiger partial charge in [0.15, 0.2) is 0 Å². The third-order valence-electron chi connectivity index (χ3n) is 5.85. The summed E-state index contributed by atoms with van der Waals surface area (Å²) in [5.41, 5.74) is 4.56. The molecule has 4 rings (SSSR count). The monoisotopic (exact) mass is 326 g/mol. The van der Waals surface area contributed by atoms with Gasteiger partial charge in [-0.3, -0.25) is 4.90 Å². The number of piperidine rings is 1. The second-order valence-corrected chi connectivity index (χ2v) is 7.16. The van der Waals surface area contributed by atoms with Gasteiger partial charge in [0.2, 0.25) is 0 Å². The summed E-state index contributed by atoms with van der Waals surface area (Å²) in [6.07, 6.45) is 6.15. The van der Waals surface area contributed by atoms with Gasteiger partial charge in [-0.2, -0.15) is 0 Å². The lowest BCUT2D eigenvalue weighted by molar-refractivity contribution is 0.0595. The summed E-state index contributed by atoms with van der Waals surface area (Å²) in [6, 6.07) is 7.11. The molecule has 1 saturated heterocycles. The van der Waals surface area contributed by atoms with Crippen LogP contribution in [0.4, 0.5) is 0 Å². The molecular weight excluding hydrogens is 300 g/mol. The number of nitrogens with zero attached hydrogens (tertiary/aromatic N) is 1. The zero-order chi connectivity index (χ0) is 16.7. The maximum Gasteiger partial charge on any atom is 0.354 e. The molecule has 1 aliphatic heterocycles. The largest absolute Gasteiger partial charge is 0.464 e. The molecule has 1 aromatic carbocycles. The van der Waals surface area contributed by atoms with E-state index in [0.717, 1.165) is 11.9 Å². The van der Waals surface area contributed by atoms with Crippen LogP contribution in [0.2, 0.25) is 0 Å². The van der Waals surface area contributed by atoms with Gasteiger partial charge in [0, 0.05) is 16.9 Å². The van der Waals surface area contributed by atoms with Crippen LogP contribution in [0.15, 0.2) is 18.2 Å². The molecule has 4 heteroatoms. The summed E-state index contributed by atoms with van der Waals surface area (Å²) in [5.74, 6) is 0.357. The molecule has 1 fully saturated rings. The average molecular weight is 326 g/mol. The molecule has 1 aliphatic carbocycles. The normalized spacial score (nSPS) is 23.8. The molecule has 0 amide bonds. The molecule has 24 heavy (non-hydrogen) atoms. The number of aromatic amines is 1. The lowest BCUT2D eigenvalue weighted by Gasteiger charge is -2.45. The number of methoxy groups -OCH3 is 1. The highest BCUT2D eigenvalue weighted by atomic mass is 16.5. The van der Waals surface area contributed by atoms with Crippen LogP contribution >= 0.6 is 0 Å². The Morgan fingerprint density at radius 3 is 3.04 bits per heavy atom. The van der Waals surface area contributed by atoms with Crippen molar-refractivity contribution in [2.45, 2.75) is 51.0 Å². The van der Waals surface area contributed by atoms with Crippen molar-refractivity contribution in [2.75, 3.05) is 20.2 Å². The highest BCUT2D eigenvalue weighted by Crippen LogP contribution is 2.43. The van der Waals surface area contributed by atoms with Gasteiger partial charge >= 0.3 is 5.97 Å². The molecule has 2 aromatic rings. The van der Waals surface area contributed by atoms with E-state index in [1.54, 1.807) is 0 Å². The van der Waals surface area contributed by atoms with E-state index in [2.05, 4.69) is 28.9 Å². The number of carbonyl (C=O) groups excluding carboxylic acids is 1. The van der Waals surface area contributed by atoms with Crippen LogP contribution in [-0.4, -0.2) is 42.1 Å². The Morgan fingerprint density at radius 2 is 2.25 bits per heavy atom. The number of benzene rings is 1. The Bertz CT molecular complexity index is 762. The van der Waals surface area contributed by atoms with E-state index in [1.807, 2.05) is 6.07 Å². The van der Waals surface area contributed by atoms with E-state index >= 15 is 0 Å². The summed E-state index contributed by atoms with van der Waals surface area (Å²) in [6.45, 7) is 4.75. The Balaban J connectivity index is 1.74. The van der Waals surface area contributed by atoms with Crippen LogP contribution in [0.1, 0.15) is 60.1 Å². The van der Waals surface area contributed by atoms with E-state index in [9.17, 15) is 4.79 Å². The molecular formula is C20H26N2O2. The number of rotatable bonds is 3. The summed E-state index contributed by atoms with van der Waals surface area (Å²) in [4.78, 5) is 17.8. The van der Waals surface area contributed by atoms with E-state index in [4.69, 9.17) is 4.74 Å². The summed E-state index contributed by atoms with van der Waals surface area (Å²) < 4.78 is 4.86. The van der Waals surface area contributed by atoms with Gasteiger partial charge in [0.05, 0.1) is 7.11 Å². The fourth-order valence-corrected chi connectivity index (χ4v) is 4.86. The fourth-order valence-electron chi connectivity index (χ4n) is 4.86. The number of ether oxygens (including phenoxy) is 1. The zero-order valence-electron chi connectivity index (χ0n) is 14.6. The summed E-state index contributed by atoms with van der Waals surface area (Å²) in [5, 5.41) is 1.21. The smallest absolute Gasteiger partial charge is 0.354 e. The van der Waals surface area contributed by atoms with Gasteiger partial charge in [-0.15, -0.1) is 0 Å². The van der Waals surface area contributed by atoms with Gasteiger partial charge in [-0.1, -0.05) is 13.0 Å². The number of H-pyrrole nitrogens is 1. The first-order valence-electron chi connectivity index (χ1n) is 9.19. The van der Waals surface area contributed by atoms with Gasteiger partial charge < -0.3 is 9.72 Å². The lowest BCUT2D eigenvalue weighted by atomic mass is 9.73. The van der Waals surface area contributed by atoms with Crippen LogP contribution < -0.4 is 0 Å². The predicted molar refractivity (Wildman–Crippen MR) is 95.6 cm³/mol. The minimum absolute atomic E-state index is 0.291. The fraction of sp³-hybridized carbons (Fsp3) is 0.550. The zero-order valence-corrected chi connectivity index (χ0v) is 14.6. The van der Waals surface area contributed by atoms with Crippen molar-refractivity contribution in [2.24, 2.45) is 0 Å². The molecule has 1 aromatic heterocycles. The number of hydrogen-bond acceptors (Lipinski definition) is 3. The number of aryl methyl sites for hydroxylation is 1. The van der Waals surface area contributed by atoms with Crippen LogP contribution in [-0.2, 0) is 11.2 Å². The minimum Gasteiger partial charge on any atom is -0.464 e. The third-order valence-corrected chi connectivity index (χ3v) is 5.85. The Labute approximate surface area is 143 Å². The molecule has 2 aliphatic rings. The van der Waals surface area contributed by atoms with Crippen molar-refractivity contribution < 1.29 is 9.53 Å². The molecule has 0 bridgehead atoms. The highest BCUT2D eigenvalue weighted by Gasteiger charge is 2.36. The summed E-state index contributed by atoms with van der Waals surface area (Å²) in [7, 11) is 1.43. The number of esters is 1. The van der Waals surface area contributed by atoms with Crippen molar-refractivity contribution in [1.82, 2.24) is 9.88 Å². The van der Waals surface area contributed by atoms with E-state index in [1.165, 1.54) is 62.4 Å². The van der Waals surface area contributed by atoms with Crippen molar-refractivity contribution in [1.29, 1.82) is 0 Å². The standard InChI is InChI=1S/C20H26N2O2/c1-3-10-22-11-4-5-15-13-6-8-17-16(14(13)7-9-19(15)22)12-18(21-17)20(23)24-2/h6,8,12,15,19,21H,3-5,7,9-11H2,1-2H3/t15-,19+/m0/s1. The molecule has 2 heterocycles. The molecule has 0 saturated carbocycles. The number of carbonyl (C=O) groups is 1. The van der Waals surface area contributed by atoms with E-state index in [0.29, 0.717) is 17.7 Å². The van der Waals surface area contributed by atoms with Crippen LogP contribution in [0.25, 0.3) is 10.9 Å². The van der Waals surface area contributed by atoms with Gasteiger partial charge in [-0.25, -0.2) is 4.79 Å². The van der Waals surface area contributed by atoms with E-state index in [-0.39, 0.29) is 5.97 Å². The number of hydrogen-bond donors (Lipinski definition) is 1. The number of likely N-dealkylation sites (tertiary alicyclic amines) is 1. The Morgan fingerprint density at radius 1 is 1.38 bits per heavy atom. The number of fused-ring (bicyclic) bond motifs is 5. The predicted octanol–water partition coefficient (Wildman–Crippen LogP) is 3.86. The van der Waals surface area contributed by atoms with Gasteiger partial charge in [0.25, 0.3) is 0 Å². The summed E-state index contributed by atoms with van der Waals surface area (Å²) >= 11 is 0. The molecule has 0 spiro atoms. The van der Waals surface area contributed by atoms with Gasteiger partial charge in [-0.05, 0) is 74.4 Å². The molecule has 2 atom stereocenters. The molecule has 0 unspecified atom stereocenters. The third kappa shape index (κ3) is 2.44. The first-order valence-corrected chi connectivity index (χ1v) is 9.19. The number of nitrogens with one attached hydrogen (secondary N) is 1. The molecule has 1 N–H and O–H groups in total. The number of aromatic nitrogens is 1. The second-order valence-electron chi connectivity index (χ2n) is 7.16. The molecule has 4 nitrogen and oxygen atoms in total. The highest BCUT2D eigenvalue weighted by molar-refractivity contribution is 5.96.